The minimum Gasteiger partial charge on any atom is -0.345 e. The highest BCUT2D eigenvalue weighted by Crippen LogP contribution is 2.11. The molecule has 0 aliphatic heterocycles. The van der Waals surface area contributed by atoms with Crippen molar-refractivity contribution in [3.05, 3.63) is 35.8 Å². The van der Waals surface area contributed by atoms with Crippen LogP contribution in [0.15, 0.2) is 24.4 Å². The molecule has 1 atom stereocenters. The van der Waals surface area contributed by atoms with E-state index >= 15 is 0 Å². The lowest BCUT2D eigenvalue weighted by Crippen LogP contribution is -2.42. The zero-order chi connectivity index (χ0) is 14.7. The van der Waals surface area contributed by atoms with E-state index in [0.717, 1.165) is 23.6 Å². The molecule has 1 amide bonds. The summed E-state index contributed by atoms with van der Waals surface area (Å²) >= 11 is 0. The van der Waals surface area contributed by atoms with Crippen molar-refractivity contribution in [2.75, 3.05) is 13.6 Å². The molecule has 0 spiro atoms. The van der Waals surface area contributed by atoms with Gasteiger partial charge in [-0.15, -0.1) is 0 Å². The van der Waals surface area contributed by atoms with Gasteiger partial charge in [0, 0.05) is 26.3 Å². The van der Waals surface area contributed by atoms with Gasteiger partial charge in [0.05, 0.1) is 17.4 Å². The van der Waals surface area contributed by atoms with Crippen LogP contribution in [0, 0.1) is 6.92 Å². The van der Waals surface area contributed by atoms with E-state index in [1.54, 1.807) is 4.90 Å². The lowest BCUT2D eigenvalue weighted by molar-refractivity contribution is -0.131. The second-order valence-electron chi connectivity index (χ2n) is 5.03. The van der Waals surface area contributed by atoms with Gasteiger partial charge in [0.25, 0.3) is 0 Å². The molecule has 2 aromatic rings. The van der Waals surface area contributed by atoms with Gasteiger partial charge < -0.3 is 14.6 Å². The number of hydrogen-bond donors (Lipinski definition) is 1. The second kappa shape index (κ2) is 6.05. The summed E-state index contributed by atoms with van der Waals surface area (Å²) in [5.74, 6) is 0.110. The van der Waals surface area contributed by atoms with Crippen LogP contribution in [-0.4, -0.2) is 39.8 Å². The molecule has 20 heavy (non-hydrogen) atoms. The number of carbonyl (C=O) groups excluding carboxylic acids is 1. The Morgan fingerprint density at radius 1 is 1.50 bits per heavy atom. The first-order valence-corrected chi connectivity index (χ1v) is 6.95. The number of nitrogens with one attached hydrogen (secondary N) is 1. The summed E-state index contributed by atoms with van der Waals surface area (Å²) in [5, 5.41) is 3.28. The van der Waals surface area contributed by atoms with E-state index in [1.165, 1.54) is 0 Å². The lowest BCUT2D eigenvalue weighted by atomic mass is 10.2. The molecule has 1 unspecified atom stereocenters. The Morgan fingerprint density at radius 3 is 2.95 bits per heavy atom. The fourth-order valence-corrected chi connectivity index (χ4v) is 2.20. The van der Waals surface area contributed by atoms with E-state index in [9.17, 15) is 4.79 Å². The Bertz CT molecular complexity index is 605. The third-order valence-electron chi connectivity index (χ3n) is 3.63. The van der Waals surface area contributed by atoms with Gasteiger partial charge in [0.15, 0.2) is 0 Å². The zero-order valence-electron chi connectivity index (χ0n) is 12.6. The van der Waals surface area contributed by atoms with Gasteiger partial charge in [0.1, 0.15) is 5.65 Å². The molecule has 2 aromatic heterocycles. The van der Waals surface area contributed by atoms with E-state index < -0.39 is 0 Å². The maximum atomic E-state index is 12.0. The maximum Gasteiger partial charge on any atom is 0.239 e. The number of hydrogen-bond acceptors (Lipinski definition) is 3. The molecule has 0 fully saturated rings. The van der Waals surface area contributed by atoms with Crippen LogP contribution in [0.2, 0.25) is 0 Å². The highest BCUT2D eigenvalue weighted by atomic mass is 16.2. The van der Waals surface area contributed by atoms with Gasteiger partial charge in [-0.1, -0.05) is 6.07 Å². The van der Waals surface area contributed by atoms with Crippen LogP contribution in [0.25, 0.3) is 5.65 Å². The number of imidazole rings is 1. The van der Waals surface area contributed by atoms with E-state index in [1.807, 2.05) is 52.2 Å². The molecular weight excluding hydrogens is 252 g/mol. The van der Waals surface area contributed by atoms with Crippen molar-refractivity contribution < 1.29 is 4.79 Å². The molecule has 0 radical (unpaired) electrons. The first kappa shape index (κ1) is 14.5. The zero-order valence-corrected chi connectivity index (χ0v) is 12.6. The number of aromatic nitrogens is 2. The lowest BCUT2D eigenvalue weighted by Gasteiger charge is -2.20. The predicted molar refractivity (Wildman–Crippen MR) is 79.5 cm³/mol. The number of amides is 1. The van der Waals surface area contributed by atoms with Crippen LogP contribution in [0.3, 0.4) is 0 Å². The second-order valence-corrected chi connectivity index (χ2v) is 5.03. The fraction of sp³-hybridized carbons (Fsp3) is 0.467. The first-order chi connectivity index (χ1) is 9.54. The third kappa shape index (κ3) is 2.82. The van der Waals surface area contributed by atoms with Crippen LogP contribution in [-0.2, 0) is 11.3 Å². The third-order valence-corrected chi connectivity index (χ3v) is 3.63. The van der Waals surface area contributed by atoms with Gasteiger partial charge in [-0.3, -0.25) is 4.79 Å². The highest BCUT2D eigenvalue weighted by Gasteiger charge is 2.17. The number of fused-ring (bicyclic) bond motifs is 1. The normalized spacial score (nSPS) is 12.6. The molecular formula is C15H22N4O. The fourth-order valence-electron chi connectivity index (χ4n) is 2.20. The van der Waals surface area contributed by atoms with Crippen LogP contribution < -0.4 is 5.32 Å². The van der Waals surface area contributed by atoms with Gasteiger partial charge in [-0.05, 0) is 32.9 Å². The largest absolute Gasteiger partial charge is 0.345 e. The number of rotatable bonds is 5. The summed E-state index contributed by atoms with van der Waals surface area (Å²) in [6.45, 7) is 7.21. The van der Waals surface area contributed by atoms with Crippen LogP contribution in [0.5, 0.6) is 0 Å². The van der Waals surface area contributed by atoms with Crippen LogP contribution in [0.4, 0.5) is 0 Å². The predicted octanol–water partition coefficient (Wildman–Crippen LogP) is 1.60. The molecule has 0 aliphatic carbocycles. The SMILES string of the molecule is CCN(C)C(=O)C(C)NCc1c(C)nc2ccccn12. The summed E-state index contributed by atoms with van der Waals surface area (Å²) in [4.78, 5) is 18.3. The van der Waals surface area contributed by atoms with Gasteiger partial charge >= 0.3 is 0 Å². The monoisotopic (exact) mass is 274 g/mol. The minimum atomic E-state index is -0.200. The van der Waals surface area contributed by atoms with Crippen molar-refractivity contribution in [1.29, 1.82) is 0 Å². The van der Waals surface area contributed by atoms with Crippen molar-refractivity contribution in [3.63, 3.8) is 0 Å². The summed E-state index contributed by atoms with van der Waals surface area (Å²) in [5.41, 5.74) is 3.03. The van der Waals surface area contributed by atoms with Crippen molar-refractivity contribution >= 4 is 11.6 Å². The molecule has 1 N–H and O–H groups in total. The Balaban J connectivity index is 2.10. The van der Waals surface area contributed by atoms with E-state index in [2.05, 4.69) is 14.7 Å². The van der Waals surface area contributed by atoms with Crippen molar-refractivity contribution in [1.82, 2.24) is 19.6 Å². The average molecular weight is 274 g/mol. The smallest absolute Gasteiger partial charge is 0.239 e. The molecule has 5 nitrogen and oxygen atoms in total. The topological polar surface area (TPSA) is 49.6 Å². The van der Waals surface area contributed by atoms with Gasteiger partial charge in [-0.2, -0.15) is 0 Å². The summed E-state index contributed by atoms with van der Waals surface area (Å²) < 4.78 is 2.06. The number of carbonyl (C=O) groups is 1. The average Bonchev–Trinajstić information content (AvgIpc) is 2.78. The highest BCUT2D eigenvalue weighted by molar-refractivity contribution is 5.81. The molecule has 0 aliphatic rings. The van der Waals surface area contributed by atoms with Crippen LogP contribution in [0.1, 0.15) is 25.2 Å². The van der Waals surface area contributed by atoms with Crippen molar-refractivity contribution in [2.24, 2.45) is 0 Å². The molecule has 0 aromatic carbocycles. The van der Waals surface area contributed by atoms with Crippen LogP contribution >= 0.6 is 0 Å². The molecule has 2 heterocycles. The minimum absolute atomic E-state index is 0.110. The number of likely N-dealkylation sites (N-methyl/N-ethyl adjacent to an activating group) is 1. The van der Waals surface area contributed by atoms with E-state index in [-0.39, 0.29) is 11.9 Å². The summed E-state index contributed by atoms with van der Waals surface area (Å²) in [6.07, 6.45) is 2.00. The van der Waals surface area contributed by atoms with Crippen molar-refractivity contribution in [2.45, 2.75) is 33.4 Å². The summed E-state index contributed by atoms with van der Waals surface area (Å²) in [6, 6.07) is 5.74. The van der Waals surface area contributed by atoms with Gasteiger partial charge in [0.2, 0.25) is 5.91 Å². The standard InChI is InChI=1S/C15H22N4O/c1-5-18(4)15(20)12(3)16-10-13-11(2)17-14-8-6-7-9-19(13)14/h6-9,12,16H,5,10H2,1-4H3. The number of aryl methyl sites for hydroxylation is 1. The Hall–Kier alpha value is -1.88. The molecule has 0 bridgehead atoms. The van der Waals surface area contributed by atoms with E-state index in [0.29, 0.717) is 6.54 Å². The molecule has 5 heteroatoms. The Labute approximate surface area is 119 Å². The molecule has 0 saturated heterocycles. The quantitative estimate of drug-likeness (QED) is 0.901. The first-order valence-electron chi connectivity index (χ1n) is 6.95. The van der Waals surface area contributed by atoms with Gasteiger partial charge in [-0.25, -0.2) is 4.98 Å². The molecule has 2 rings (SSSR count). The Morgan fingerprint density at radius 2 is 2.25 bits per heavy atom. The van der Waals surface area contributed by atoms with Crippen molar-refractivity contribution in [3.8, 4) is 0 Å². The molecule has 108 valence electrons. The Kier molecular flexibility index (Phi) is 4.39. The maximum absolute atomic E-state index is 12.0. The number of pyridine rings is 1. The van der Waals surface area contributed by atoms with E-state index in [4.69, 9.17) is 0 Å². The number of nitrogens with zero attached hydrogens (tertiary/aromatic N) is 3. The molecule has 0 saturated carbocycles. The summed E-state index contributed by atoms with van der Waals surface area (Å²) in [7, 11) is 1.82.